The molecule has 0 radical (unpaired) electrons. The third kappa shape index (κ3) is 4.04. The second-order valence-corrected chi connectivity index (χ2v) is 6.56. The van der Waals surface area contributed by atoms with Crippen molar-refractivity contribution in [1.82, 2.24) is 24.6 Å². The molecule has 0 aromatic carbocycles. The molecular weight excluding hydrogens is 318 g/mol. The van der Waals surface area contributed by atoms with Gasteiger partial charge in [0.25, 0.3) is 0 Å². The molecule has 0 spiro atoms. The molecule has 0 bridgehead atoms. The van der Waals surface area contributed by atoms with E-state index in [0.717, 1.165) is 28.5 Å². The van der Waals surface area contributed by atoms with E-state index in [4.69, 9.17) is 4.74 Å². The lowest BCUT2D eigenvalue weighted by Gasteiger charge is -2.33. The molecule has 1 unspecified atom stereocenters. The lowest BCUT2D eigenvalue weighted by atomic mass is 10.1. The largest absolute Gasteiger partial charge is 0.368 e. The second kappa shape index (κ2) is 7.31. The summed E-state index contributed by atoms with van der Waals surface area (Å²) >= 11 is 0. The van der Waals surface area contributed by atoms with E-state index < -0.39 is 0 Å². The number of carbonyl (C=O) groups is 1. The Hall–Kier alpha value is -2.28. The number of nitrogens with zero attached hydrogens (tertiary/aromatic N) is 5. The number of hydrogen-bond donors (Lipinski definition) is 0. The molecular formula is C18H25N5O2. The Morgan fingerprint density at radius 3 is 2.80 bits per heavy atom. The Labute approximate surface area is 148 Å². The van der Waals surface area contributed by atoms with Crippen molar-refractivity contribution >= 4 is 5.91 Å². The number of hydrogen-bond acceptors (Lipinski definition) is 5. The molecule has 1 aliphatic heterocycles. The van der Waals surface area contributed by atoms with Crippen LogP contribution in [0.2, 0.25) is 0 Å². The van der Waals surface area contributed by atoms with Crippen molar-refractivity contribution in [2.45, 2.75) is 39.7 Å². The minimum Gasteiger partial charge on any atom is -0.368 e. The summed E-state index contributed by atoms with van der Waals surface area (Å²) in [5.41, 5.74) is 4.01. The average Bonchev–Trinajstić information content (AvgIpc) is 2.91. The van der Waals surface area contributed by atoms with E-state index in [2.05, 4.69) is 15.1 Å². The summed E-state index contributed by atoms with van der Waals surface area (Å²) in [7, 11) is 1.92. The van der Waals surface area contributed by atoms with Gasteiger partial charge >= 0.3 is 0 Å². The van der Waals surface area contributed by atoms with Gasteiger partial charge in [0.15, 0.2) is 0 Å². The van der Waals surface area contributed by atoms with Crippen molar-refractivity contribution < 1.29 is 9.53 Å². The van der Waals surface area contributed by atoms with Crippen LogP contribution in [0.25, 0.3) is 0 Å². The van der Waals surface area contributed by atoms with Crippen LogP contribution in [0.5, 0.6) is 0 Å². The number of amides is 1. The van der Waals surface area contributed by atoms with Crippen LogP contribution in [-0.2, 0) is 23.0 Å². The monoisotopic (exact) mass is 343 g/mol. The molecule has 0 saturated carbocycles. The predicted octanol–water partition coefficient (Wildman–Crippen LogP) is 1.67. The first-order valence-electron chi connectivity index (χ1n) is 8.63. The van der Waals surface area contributed by atoms with Gasteiger partial charge in [-0.1, -0.05) is 0 Å². The first kappa shape index (κ1) is 17.5. The van der Waals surface area contributed by atoms with Gasteiger partial charge in [-0.15, -0.1) is 0 Å². The van der Waals surface area contributed by atoms with Gasteiger partial charge in [0.1, 0.15) is 11.9 Å². The molecule has 0 aliphatic carbocycles. The van der Waals surface area contributed by atoms with Gasteiger partial charge in [0.05, 0.1) is 25.0 Å². The van der Waals surface area contributed by atoms with E-state index in [9.17, 15) is 4.79 Å². The van der Waals surface area contributed by atoms with Gasteiger partial charge in [-0.2, -0.15) is 5.10 Å². The third-order valence-electron chi connectivity index (χ3n) is 4.68. The predicted molar refractivity (Wildman–Crippen MR) is 93.0 cm³/mol. The normalized spacial score (nSPS) is 17.8. The van der Waals surface area contributed by atoms with Crippen LogP contribution in [-0.4, -0.2) is 50.3 Å². The minimum absolute atomic E-state index is 0.152. The Bertz CT molecular complexity index is 751. The van der Waals surface area contributed by atoms with Crippen LogP contribution < -0.4 is 0 Å². The average molecular weight is 343 g/mol. The first-order chi connectivity index (χ1) is 11.9. The highest BCUT2D eigenvalue weighted by Gasteiger charge is 2.26. The molecule has 7 heteroatoms. The summed E-state index contributed by atoms with van der Waals surface area (Å²) in [5, 5.41) is 4.23. The van der Waals surface area contributed by atoms with Crippen molar-refractivity contribution in [3.8, 4) is 0 Å². The molecule has 25 heavy (non-hydrogen) atoms. The van der Waals surface area contributed by atoms with Crippen LogP contribution in [0.4, 0.5) is 0 Å². The van der Waals surface area contributed by atoms with Gasteiger partial charge < -0.3 is 9.64 Å². The van der Waals surface area contributed by atoms with Crippen molar-refractivity contribution in [2.75, 3.05) is 19.7 Å². The van der Waals surface area contributed by atoms with E-state index in [1.165, 1.54) is 0 Å². The van der Waals surface area contributed by atoms with Crippen molar-refractivity contribution in [2.24, 2.45) is 7.05 Å². The molecule has 1 atom stereocenters. The Morgan fingerprint density at radius 2 is 2.12 bits per heavy atom. The van der Waals surface area contributed by atoms with Crippen LogP contribution in [0.3, 0.4) is 0 Å². The van der Waals surface area contributed by atoms with Crippen molar-refractivity contribution in [3.05, 3.63) is 40.7 Å². The number of ether oxygens (including phenoxy) is 1. The van der Waals surface area contributed by atoms with E-state index in [1.54, 1.807) is 0 Å². The maximum absolute atomic E-state index is 12.6. The molecule has 1 aliphatic rings. The van der Waals surface area contributed by atoms with Gasteiger partial charge in [0.2, 0.25) is 5.91 Å². The van der Waals surface area contributed by atoms with E-state index in [1.807, 2.05) is 49.7 Å². The smallest absolute Gasteiger partial charge is 0.223 e. The van der Waals surface area contributed by atoms with Crippen LogP contribution in [0, 0.1) is 20.8 Å². The van der Waals surface area contributed by atoms with Gasteiger partial charge in [0, 0.05) is 31.4 Å². The van der Waals surface area contributed by atoms with Gasteiger partial charge in [-0.25, -0.2) is 9.97 Å². The van der Waals surface area contributed by atoms with Crippen LogP contribution >= 0.6 is 0 Å². The molecule has 7 nitrogen and oxygen atoms in total. The summed E-state index contributed by atoms with van der Waals surface area (Å²) in [6.07, 6.45) is 2.86. The quantitative estimate of drug-likeness (QED) is 0.844. The summed E-state index contributed by atoms with van der Waals surface area (Å²) in [6, 6.07) is 1.94. The molecule has 3 rings (SSSR count). The van der Waals surface area contributed by atoms with Crippen molar-refractivity contribution in [1.29, 1.82) is 0 Å². The third-order valence-corrected chi connectivity index (χ3v) is 4.68. The maximum Gasteiger partial charge on any atom is 0.223 e. The lowest BCUT2D eigenvalue weighted by molar-refractivity contribution is -0.139. The minimum atomic E-state index is -0.182. The zero-order valence-corrected chi connectivity index (χ0v) is 15.3. The molecule has 2 aromatic rings. The van der Waals surface area contributed by atoms with Gasteiger partial charge in [-0.3, -0.25) is 9.48 Å². The molecule has 2 aromatic heterocycles. The highest BCUT2D eigenvalue weighted by Crippen LogP contribution is 2.22. The zero-order valence-electron chi connectivity index (χ0n) is 15.3. The summed E-state index contributed by atoms with van der Waals surface area (Å²) in [4.78, 5) is 23.3. The van der Waals surface area contributed by atoms with Crippen molar-refractivity contribution in [3.63, 3.8) is 0 Å². The topological polar surface area (TPSA) is 73.1 Å². The summed E-state index contributed by atoms with van der Waals surface area (Å²) in [6.45, 7) is 7.55. The maximum atomic E-state index is 12.6. The fraction of sp³-hybridized carbons (Fsp3) is 0.556. The molecule has 134 valence electrons. The fourth-order valence-corrected chi connectivity index (χ4v) is 3.15. The number of aromatic nitrogens is 4. The number of aryl methyl sites for hydroxylation is 4. The Balaban J connectivity index is 1.62. The SMILES string of the molecule is Cc1cc(C2CN(C(=O)CCc3cnn(C)c3C)CCO2)nc(C)n1. The molecule has 1 fully saturated rings. The molecule has 3 heterocycles. The van der Waals surface area contributed by atoms with Gasteiger partial charge in [-0.05, 0) is 38.8 Å². The number of rotatable bonds is 4. The summed E-state index contributed by atoms with van der Waals surface area (Å²) in [5.74, 6) is 0.883. The first-order valence-corrected chi connectivity index (χ1v) is 8.63. The Morgan fingerprint density at radius 1 is 1.32 bits per heavy atom. The van der Waals surface area contributed by atoms with Crippen LogP contribution in [0.15, 0.2) is 12.3 Å². The van der Waals surface area contributed by atoms with E-state index in [-0.39, 0.29) is 12.0 Å². The van der Waals surface area contributed by atoms with E-state index in [0.29, 0.717) is 32.5 Å². The summed E-state index contributed by atoms with van der Waals surface area (Å²) < 4.78 is 7.68. The van der Waals surface area contributed by atoms with Crippen LogP contribution in [0.1, 0.15) is 41.0 Å². The second-order valence-electron chi connectivity index (χ2n) is 6.56. The number of carbonyl (C=O) groups excluding carboxylic acids is 1. The Kier molecular flexibility index (Phi) is 5.13. The standard InChI is InChI=1S/C18H25N5O2/c1-12-9-16(21-14(3)20-12)17-11-23(7-8-25-17)18(24)6-5-15-10-19-22(4)13(15)2/h9-10,17H,5-8,11H2,1-4H3. The fourth-order valence-electron chi connectivity index (χ4n) is 3.15. The highest BCUT2D eigenvalue weighted by molar-refractivity contribution is 5.76. The number of morpholine rings is 1. The van der Waals surface area contributed by atoms with E-state index >= 15 is 0 Å². The highest BCUT2D eigenvalue weighted by atomic mass is 16.5. The molecule has 1 amide bonds. The lowest BCUT2D eigenvalue weighted by Crippen LogP contribution is -2.42. The zero-order chi connectivity index (χ0) is 18.0. The molecule has 1 saturated heterocycles. The molecule has 0 N–H and O–H groups in total.